The van der Waals surface area contributed by atoms with Crippen LogP contribution in [0.2, 0.25) is 0 Å². The molecular weight excluding hydrogens is 178 g/mol. The molecule has 1 heterocycles. The summed E-state index contributed by atoms with van der Waals surface area (Å²) in [5.74, 6) is 1.38. The molecule has 1 aliphatic heterocycles. The molecular formula is C11H23NS. The molecule has 1 atom stereocenters. The molecule has 0 spiro atoms. The zero-order valence-electron chi connectivity index (χ0n) is 9.23. The second kappa shape index (κ2) is 5.26. The molecule has 1 nitrogen and oxygen atoms in total. The molecule has 0 bridgehead atoms. The fourth-order valence-electron chi connectivity index (χ4n) is 1.53. The van der Waals surface area contributed by atoms with E-state index in [0.717, 1.165) is 5.25 Å². The highest BCUT2D eigenvalue weighted by molar-refractivity contribution is 8.00. The standard InChI is InChI=1S/C11H23NS/c1-11(2,3)6-7-12-9-10-5-4-8-13-10/h10,12H,4-9H2,1-3H3. The van der Waals surface area contributed by atoms with E-state index < -0.39 is 0 Å². The van der Waals surface area contributed by atoms with Gasteiger partial charge in [-0.15, -0.1) is 0 Å². The highest BCUT2D eigenvalue weighted by Gasteiger charge is 2.15. The molecule has 1 N–H and O–H groups in total. The van der Waals surface area contributed by atoms with Gasteiger partial charge in [-0.2, -0.15) is 11.8 Å². The van der Waals surface area contributed by atoms with E-state index in [-0.39, 0.29) is 0 Å². The van der Waals surface area contributed by atoms with Crippen molar-refractivity contribution >= 4 is 11.8 Å². The molecule has 1 rings (SSSR count). The zero-order chi connectivity index (χ0) is 9.73. The van der Waals surface area contributed by atoms with Gasteiger partial charge in [0.15, 0.2) is 0 Å². The minimum Gasteiger partial charge on any atom is -0.316 e. The average molecular weight is 201 g/mol. The largest absolute Gasteiger partial charge is 0.316 e. The molecule has 1 fully saturated rings. The third kappa shape index (κ3) is 5.58. The van der Waals surface area contributed by atoms with Crippen molar-refractivity contribution < 1.29 is 0 Å². The Hall–Kier alpha value is 0.310. The summed E-state index contributed by atoms with van der Waals surface area (Å²) in [4.78, 5) is 0. The lowest BCUT2D eigenvalue weighted by Crippen LogP contribution is -2.26. The molecule has 0 aromatic carbocycles. The second-order valence-electron chi connectivity index (χ2n) is 5.15. The van der Waals surface area contributed by atoms with E-state index in [1.54, 1.807) is 0 Å². The van der Waals surface area contributed by atoms with Crippen LogP contribution in [0.4, 0.5) is 0 Å². The summed E-state index contributed by atoms with van der Waals surface area (Å²) < 4.78 is 0. The maximum Gasteiger partial charge on any atom is 0.0172 e. The lowest BCUT2D eigenvalue weighted by atomic mass is 9.92. The van der Waals surface area contributed by atoms with Crippen molar-refractivity contribution in [3.63, 3.8) is 0 Å². The molecule has 1 saturated heterocycles. The lowest BCUT2D eigenvalue weighted by Gasteiger charge is -2.19. The molecule has 0 aromatic rings. The third-order valence-electron chi connectivity index (χ3n) is 2.45. The van der Waals surface area contributed by atoms with Crippen molar-refractivity contribution in [1.82, 2.24) is 5.32 Å². The summed E-state index contributed by atoms with van der Waals surface area (Å²) in [6, 6.07) is 0. The monoisotopic (exact) mass is 201 g/mol. The molecule has 13 heavy (non-hydrogen) atoms. The first-order valence-electron chi connectivity index (χ1n) is 5.40. The van der Waals surface area contributed by atoms with Crippen molar-refractivity contribution in [3.8, 4) is 0 Å². The average Bonchev–Trinajstić information content (AvgIpc) is 2.48. The van der Waals surface area contributed by atoms with Crippen molar-refractivity contribution in [2.24, 2.45) is 5.41 Å². The minimum absolute atomic E-state index is 0.482. The van der Waals surface area contributed by atoms with Crippen molar-refractivity contribution in [2.45, 2.75) is 45.3 Å². The Labute approximate surface area is 87.1 Å². The van der Waals surface area contributed by atoms with E-state index in [1.165, 1.54) is 38.1 Å². The number of thioether (sulfide) groups is 1. The number of nitrogens with one attached hydrogen (secondary N) is 1. The van der Waals surface area contributed by atoms with Crippen LogP contribution in [-0.2, 0) is 0 Å². The van der Waals surface area contributed by atoms with Crippen LogP contribution in [0.25, 0.3) is 0 Å². The normalized spacial score (nSPS) is 23.8. The quantitative estimate of drug-likeness (QED) is 0.702. The zero-order valence-corrected chi connectivity index (χ0v) is 10.0. The van der Waals surface area contributed by atoms with Gasteiger partial charge in [0, 0.05) is 11.8 Å². The van der Waals surface area contributed by atoms with E-state index in [1.807, 2.05) is 0 Å². The van der Waals surface area contributed by atoms with Crippen molar-refractivity contribution in [3.05, 3.63) is 0 Å². The number of hydrogen-bond acceptors (Lipinski definition) is 2. The van der Waals surface area contributed by atoms with Crippen LogP contribution in [-0.4, -0.2) is 24.1 Å². The van der Waals surface area contributed by atoms with E-state index in [2.05, 4.69) is 37.8 Å². The van der Waals surface area contributed by atoms with Crippen LogP contribution in [0, 0.1) is 5.41 Å². The summed E-state index contributed by atoms with van der Waals surface area (Å²) in [5.41, 5.74) is 0.482. The Balaban J connectivity index is 1.94. The van der Waals surface area contributed by atoms with Crippen LogP contribution in [0.3, 0.4) is 0 Å². The van der Waals surface area contributed by atoms with Crippen LogP contribution in [0.15, 0.2) is 0 Å². The molecule has 0 saturated carbocycles. The summed E-state index contributed by atoms with van der Waals surface area (Å²) in [7, 11) is 0. The molecule has 0 amide bonds. The first-order valence-corrected chi connectivity index (χ1v) is 6.45. The van der Waals surface area contributed by atoms with Crippen LogP contribution < -0.4 is 5.32 Å². The Kier molecular flexibility index (Phi) is 4.60. The van der Waals surface area contributed by atoms with Gasteiger partial charge in [-0.05, 0) is 37.0 Å². The minimum atomic E-state index is 0.482. The first-order chi connectivity index (χ1) is 6.08. The summed E-state index contributed by atoms with van der Waals surface area (Å²) in [6.07, 6.45) is 4.13. The Bertz CT molecular complexity index is 134. The highest BCUT2D eigenvalue weighted by atomic mass is 32.2. The predicted molar refractivity (Wildman–Crippen MR) is 62.4 cm³/mol. The van der Waals surface area contributed by atoms with E-state index in [9.17, 15) is 0 Å². The molecule has 0 radical (unpaired) electrons. The second-order valence-corrected chi connectivity index (χ2v) is 6.56. The Morgan fingerprint density at radius 2 is 2.15 bits per heavy atom. The summed E-state index contributed by atoms with van der Waals surface area (Å²) in [5, 5.41) is 4.47. The van der Waals surface area contributed by atoms with Crippen LogP contribution >= 0.6 is 11.8 Å². The van der Waals surface area contributed by atoms with Gasteiger partial charge in [0.25, 0.3) is 0 Å². The SMILES string of the molecule is CC(C)(C)CCNCC1CCCS1. The number of hydrogen-bond donors (Lipinski definition) is 1. The highest BCUT2D eigenvalue weighted by Crippen LogP contribution is 2.25. The first kappa shape index (κ1) is 11.4. The Morgan fingerprint density at radius 3 is 2.69 bits per heavy atom. The molecule has 2 heteroatoms. The maximum atomic E-state index is 3.56. The molecule has 0 aliphatic carbocycles. The van der Waals surface area contributed by atoms with Gasteiger partial charge >= 0.3 is 0 Å². The summed E-state index contributed by atoms with van der Waals surface area (Å²) in [6.45, 7) is 9.32. The smallest absolute Gasteiger partial charge is 0.0172 e. The van der Waals surface area contributed by atoms with Gasteiger partial charge in [0.05, 0.1) is 0 Å². The van der Waals surface area contributed by atoms with Gasteiger partial charge in [-0.3, -0.25) is 0 Å². The number of rotatable bonds is 4. The lowest BCUT2D eigenvalue weighted by molar-refractivity contribution is 0.367. The van der Waals surface area contributed by atoms with E-state index in [0.29, 0.717) is 5.41 Å². The molecule has 78 valence electrons. The van der Waals surface area contributed by atoms with Crippen molar-refractivity contribution in [2.75, 3.05) is 18.8 Å². The van der Waals surface area contributed by atoms with Crippen LogP contribution in [0.5, 0.6) is 0 Å². The fourth-order valence-corrected chi connectivity index (χ4v) is 2.77. The molecule has 1 unspecified atom stereocenters. The van der Waals surface area contributed by atoms with E-state index in [4.69, 9.17) is 0 Å². The summed E-state index contributed by atoms with van der Waals surface area (Å²) >= 11 is 2.14. The van der Waals surface area contributed by atoms with Gasteiger partial charge in [-0.25, -0.2) is 0 Å². The van der Waals surface area contributed by atoms with Gasteiger partial charge in [-0.1, -0.05) is 20.8 Å². The molecule has 0 aromatic heterocycles. The van der Waals surface area contributed by atoms with Crippen molar-refractivity contribution in [1.29, 1.82) is 0 Å². The topological polar surface area (TPSA) is 12.0 Å². The molecule has 1 aliphatic rings. The van der Waals surface area contributed by atoms with Gasteiger partial charge < -0.3 is 5.32 Å². The van der Waals surface area contributed by atoms with Gasteiger partial charge in [0.1, 0.15) is 0 Å². The predicted octanol–water partition coefficient (Wildman–Crippen LogP) is 2.91. The third-order valence-corrected chi connectivity index (χ3v) is 3.85. The van der Waals surface area contributed by atoms with Crippen LogP contribution in [0.1, 0.15) is 40.0 Å². The van der Waals surface area contributed by atoms with Gasteiger partial charge in [0.2, 0.25) is 0 Å². The fraction of sp³-hybridized carbons (Fsp3) is 1.00. The van der Waals surface area contributed by atoms with E-state index >= 15 is 0 Å². The maximum absolute atomic E-state index is 3.56. The Morgan fingerprint density at radius 1 is 1.38 bits per heavy atom.